The van der Waals surface area contributed by atoms with E-state index in [-0.39, 0.29) is 17.7 Å². The van der Waals surface area contributed by atoms with E-state index in [2.05, 4.69) is 10.6 Å². The predicted octanol–water partition coefficient (Wildman–Crippen LogP) is 1.58. The van der Waals surface area contributed by atoms with Crippen molar-refractivity contribution in [1.29, 1.82) is 0 Å². The number of likely N-dealkylation sites (tertiary alicyclic amines) is 1. The van der Waals surface area contributed by atoms with Crippen LogP contribution in [0.15, 0.2) is 0 Å². The van der Waals surface area contributed by atoms with Gasteiger partial charge in [0.15, 0.2) is 0 Å². The van der Waals surface area contributed by atoms with Gasteiger partial charge in [0, 0.05) is 13.2 Å². The van der Waals surface area contributed by atoms with Crippen molar-refractivity contribution in [1.82, 2.24) is 15.5 Å². The molecule has 2 unspecified atom stereocenters. The van der Waals surface area contributed by atoms with Gasteiger partial charge in [-0.1, -0.05) is 19.3 Å². The van der Waals surface area contributed by atoms with Crippen LogP contribution in [0.4, 0.5) is 4.79 Å². The monoisotopic (exact) mass is 450 g/mol. The smallest absolute Gasteiger partial charge is 0.444 e. The van der Waals surface area contributed by atoms with Gasteiger partial charge < -0.3 is 29.9 Å². The number of hydrogen-bond acceptors (Lipinski definition) is 6. The topological polar surface area (TPSA) is 117 Å². The van der Waals surface area contributed by atoms with Gasteiger partial charge in [-0.15, -0.1) is 0 Å². The number of alkyl carbamates (subject to hydrolysis) is 1. The lowest BCUT2D eigenvalue weighted by atomic mass is 9.74. The lowest BCUT2D eigenvalue weighted by Gasteiger charge is -2.35. The Kier molecular flexibility index (Phi) is 8.44. The molecule has 0 aromatic heterocycles. The first-order valence-corrected chi connectivity index (χ1v) is 11.9. The van der Waals surface area contributed by atoms with Gasteiger partial charge in [-0.3, -0.25) is 9.59 Å². The largest absolute Gasteiger partial charge is 0.478 e. The van der Waals surface area contributed by atoms with Gasteiger partial charge in [-0.25, -0.2) is 4.79 Å². The summed E-state index contributed by atoms with van der Waals surface area (Å²) < 4.78 is 10.6. The second-order valence-corrected chi connectivity index (χ2v) is 10.1. The quantitative estimate of drug-likeness (QED) is 0.548. The molecule has 0 aromatic carbocycles. The summed E-state index contributed by atoms with van der Waals surface area (Å²) in [6.45, 7) is 6.16. The second-order valence-electron chi connectivity index (χ2n) is 10.1. The van der Waals surface area contributed by atoms with E-state index in [1.165, 1.54) is 0 Å². The summed E-state index contributed by atoms with van der Waals surface area (Å²) in [6.07, 6.45) is 7.96. The number of amides is 3. The van der Waals surface area contributed by atoms with Crippen molar-refractivity contribution in [3.05, 3.63) is 6.42 Å². The lowest BCUT2D eigenvalue weighted by molar-refractivity contribution is -0.141. The molecule has 179 valence electrons. The molecular formula is C22H37BN3O6. The van der Waals surface area contributed by atoms with E-state index in [0.717, 1.165) is 38.5 Å². The molecule has 1 aliphatic carbocycles. The van der Waals surface area contributed by atoms with Crippen LogP contribution < -0.4 is 10.6 Å². The molecule has 1 saturated carbocycles. The van der Waals surface area contributed by atoms with E-state index in [1.54, 1.807) is 25.7 Å². The van der Waals surface area contributed by atoms with Crippen LogP contribution in [0.5, 0.6) is 0 Å². The van der Waals surface area contributed by atoms with Crippen LogP contribution in [0.3, 0.4) is 0 Å². The molecule has 3 rings (SSSR count). The standard InChI is InChI=1S/C22H37BN3O6/c1-22(2,3)32-21(29)25-18(15-9-5-4-6-10-15)20(28)26-13-7-11-16(26)19(27)24-17-12-8-14-31-23(17)30/h7,15-18,30H,4-6,8-14H2,1-3H3,(H,24,27)(H,25,29)/t16?,17?,18-/m0/s1. The Hall–Kier alpha value is -1.81. The van der Waals surface area contributed by atoms with Gasteiger partial charge in [0.1, 0.15) is 17.7 Å². The number of carbonyl (C=O) groups excluding carboxylic acids is 3. The summed E-state index contributed by atoms with van der Waals surface area (Å²) in [5, 5.41) is 15.7. The van der Waals surface area contributed by atoms with Crippen LogP contribution in [0, 0.1) is 12.3 Å². The molecular weight excluding hydrogens is 413 g/mol. The molecule has 9 nitrogen and oxygen atoms in total. The highest BCUT2D eigenvalue weighted by Gasteiger charge is 2.42. The molecule has 32 heavy (non-hydrogen) atoms. The van der Waals surface area contributed by atoms with Crippen LogP contribution in [0.25, 0.3) is 0 Å². The van der Waals surface area contributed by atoms with Crippen molar-refractivity contribution in [2.45, 2.75) is 95.8 Å². The normalized spacial score (nSPS) is 25.9. The summed E-state index contributed by atoms with van der Waals surface area (Å²) in [6, 6.07) is -1.39. The number of carbonyl (C=O) groups is 3. The molecule has 10 heteroatoms. The molecule has 2 heterocycles. The molecule has 3 N–H and O–H groups in total. The molecule has 0 aromatic rings. The summed E-state index contributed by atoms with van der Waals surface area (Å²) in [4.78, 5) is 40.6. The Morgan fingerprint density at radius 2 is 1.88 bits per heavy atom. The van der Waals surface area contributed by atoms with E-state index < -0.39 is 36.8 Å². The highest BCUT2D eigenvalue weighted by atomic mass is 16.6. The van der Waals surface area contributed by atoms with Crippen LogP contribution in [-0.4, -0.2) is 71.7 Å². The SMILES string of the molecule is CC(C)(C)OC(=O)N[C@H](C(=O)N1C[CH]CC1C(=O)NC1CCCOB1O)C1CCCCC1. The van der Waals surface area contributed by atoms with Crippen molar-refractivity contribution < 1.29 is 28.8 Å². The van der Waals surface area contributed by atoms with E-state index in [4.69, 9.17) is 9.39 Å². The van der Waals surface area contributed by atoms with E-state index in [1.807, 2.05) is 6.42 Å². The van der Waals surface area contributed by atoms with Gasteiger partial charge in [0.2, 0.25) is 11.8 Å². The fourth-order valence-electron chi connectivity index (χ4n) is 4.77. The van der Waals surface area contributed by atoms with Crippen molar-refractivity contribution in [2.75, 3.05) is 13.2 Å². The van der Waals surface area contributed by atoms with Crippen molar-refractivity contribution in [3.63, 3.8) is 0 Å². The number of nitrogens with one attached hydrogen (secondary N) is 2. The van der Waals surface area contributed by atoms with Crippen LogP contribution >= 0.6 is 0 Å². The fraction of sp³-hybridized carbons (Fsp3) is 0.818. The zero-order valence-electron chi connectivity index (χ0n) is 19.5. The fourth-order valence-corrected chi connectivity index (χ4v) is 4.77. The Morgan fingerprint density at radius 3 is 2.53 bits per heavy atom. The maximum atomic E-state index is 13.6. The third-order valence-electron chi connectivity index (χ3n) is 6.36. The van der Waals surface area contributed by atoms with Crippen LogP contribution in [0.2, 0.25) is 0 Å². The third-order valence-corrected chi connectivity index (χ3v) is 6.36. The van der Waals surface area contributed by atoms with Gasteiger partial charge >= 0.3 is 13.2 Å². The maximum absolute atomic E-state index is 13.6. The predicted molar refractivity (Wildman–Crippen MR) is 119 cm³/mol. The van der Waals surface area contributed by atoms with E-state index in [0.29, 0.717) is 26.0 Å². The highest BCUT2D eigenvalue weighted by molar-refractivity contribution is 6.45. The van der Waals surface area contributed by atoms with Gasteiger partial charge in [0.25, 0.3) is 0 Å². The van der Waals surface area contributed by atoms with Gasteiger partial charge in [-0.05, 0) is 65.2 Å². The molecule has 0 spiro atoms. The average molecular weight is 450 g/mol. The minimum atomic E-state index is -1.04. The molecule has 3 amide bonds. The molecule has 3 atom stereocenters. The van der Waals surface area contributed by atoms with E-state index >= 15 is 0 Å². The van der Waals surface area contributed by atoms with E-state index in [9.17, 15) is 19.4 Å². The first-order valence-electron chi connectivity index (χ1n) is 11.9. The summed E-state index contributed by atoms with van der Waals surface area (Å²) in [5.74, 6) is -1.03. The summed E-state index contributed by atoms with van der Waals surface area (Å²) >= 11 is 0. The Balaban J connectivity index is 1.70. The Morgan fingerprint density at radius 1 is 1.16 bits per heavy atom. The Labute approximate surface area is 191 Å². The minimum Gasteiger partial charge on any atom is -0.444 e. The van der Waals surface area contributed by atoms with Crippen molar-refractivity contribution >= 4 is 25.0 Å². The van der Waals surface area contributed by atoms with Crippen molar-refractivity contribution in [2.24, 2.45) is 5.92 Å². The molecule has 1 radical (unpaired) electrons. The minimum absolute atomic E-state index is 0.0154. The number of rotatable bonds is 5. The second kappa shape index (κ2) is 10.9. The highest BCUT2D eigenvalue weighted by Crippen LogP contribution is 2.29. The van der Waals surface area contributed by atoms with Crippen LogP contribution in [0.1, 0.15) is 72.1 Å². The molecule has 3 aliphatic rings. The molecule has 0 bridgehead atoms. The molecule has 2 aliphatic heterocycles. The Bertz CT molecular complexity index is 679. The summed E-state index contributed by atoms with van der Waals surface area (Å²) in [7, 11) is -1.04. The zero-order valence-corrected chi connectivity index (χ0v) is 19.5. The average Bonchev–Trinajstić information content (AvgIpc) is 3.23. The lowest BCUT2D eigenvalue weighted by Crippen LogP contribution is -2.59. The third kappa shape index (κ3) is 6.60. The molecule has 2 saturated heterocycles. The number of nitrogens with zero attached hydrogens (tertiary/aromatic N) is 1. The van der Waals surface area contributed by atoms with Gasteiger partial charge in [-0.2, -0.15) is 0 Å². The molecule has 3 fully saturated rings. The first kappa shape index (κ1) is 24.8. The van der Waals surface area contributed by atoms with Crippen LogP contribution in [-0.2, 0) is 19.0 Å². The summed E-state index contributed by atoms with van der Waals surface area (Å²) in [5.41, 5.74) is -0.670. The van der Waals surface area contributed by atoms with Crippen molar-refractivity contribution in [3.8, 4) is 0 Å². The number of hydrogen-bond donors (Lipinski definition) is 3. The van der Waals surface area contributed by atoms with Gasteiger partial charge in [0.05, 0.1) is 5.94 Å². The number of ether oxygens (including phenoxy) is 1. The first-order chi connectivity index (χ1) is 15.2. The zero-order chi connectivity index (χ0) is 23.3. The maximum Gasteiger partial charge on any atom is 0.478 e.